The number of ether oxygens (including phenoxy) is 1. The molecule has 4 rings (SSSR count). The maximum absolute atomic E-state index is 13.4. The summed E-state index contributed by atoms with van der Waals surface area (Å²) >= 11 is 1.42. The molecule has 0 bridgehead atoms. The smallest absolute Gasteiger partial charge is 0.240 e. The number of nitrogens with zero attached hydrogens (tertiary/aromatic N) is 4. The lowest BCUT2D eigenvalue weighted by Crippen LogP contribution is -2.40. The molecule has 0 saturated heterocycles. The maximum Gasteiger partial charge on any atom is 0.240 e. The number of hydrogen-bond donors (Lipinski definition) is 0. The quantitative estimate of drug-likeness (QED) is 0.402. The van der Waals surface area contributed by atoms with Gasteiger partial charge in [-0.25, -0.2) is 0 Å². The second-order valence-electron chi connectivity index (χ2n) is 7.56. The Bertz CT molecular complexity index is 1110. The van der Waals surface area contributed by atoms with Crippen molar-refractivity contribution >= 4 is 23.4 Å². The summed E-state index contributed by atoms with van der Waals surface area (Å²) in [5, 5.41) is 9.18. The summed E-state index contributed by atoms with van der Waals surface area (Å²) in [6.45, 7) is 8.43. The summed E-state index contributed by atoms with van der Waals surface area (Å²) in [6.07, 6.45) is 2.68. The SMILES string of the molecule is C=CCn1c(S[C@H](C)C(=O)N2c3ccccc3C[C@H]2C)nnc1-c1ccccc1OC. The molecule has 1 aromatic heterocycles. The van der Waals surface area contributed by atoms with Gasteiger partial charge in [0.15, 0.2) is 11.0 Å². The van der Waals surface area contributed by atoms with Crippen molar-refractivity contribution < 1.29 is 9.53 Å². The number of carbonyl (C=O) groups is 1. The van der Waals surface area contributed by atoms with Gasteiger partial charge in [0.2, 0.25) is 5.91 Å². The lowest BCUT2D eigenvalue weighted by atomic mass is 10.1. The molecule has 0 unspecified atom stereocenters. The van der Waals surface area contributed by atoms with Crippen LogP contribution in [0.15, 0.2) is 66.3 Å². The van der Waals surface area contributed by atoms with E-state index in [1.807, 2.05) is 58.9 Å². The number of benzene rings is 2. The summed E-state index contributed by atoms with van der Waals surface area (Å²) in [7, 11) is 1.64. The van der Waals surface area contributed by atoms with Crippen LogP contribution < -0.4 is 9.64 Å². The average molecular weight is 435 g/mol. The van der Waals surface area contributed by atoms with E-state index in [4.69, 9.17) is 4.74 Å². The molecule has 0 N–H and O–H groups in total. The Hall–Kier alpha value is -3.06. The van der Waals surface area contributed by atoms with Gasteiger partial charge in [0.05, 0.1) is 17.9 Å². The van der Waals surface area contributed by atoms with Crippen LogP contribution in [-0.4, -0.2) is 39.1 Å². The minimum absolute atomic E-state index is 0.0782. The first-order chi connectivity index (χ1) is 15.0. The van der Waals surface area contributed by atoms with Gasteiger partial charge in [0, 0.05) is 18.3 Å². The molecular weight excluding hydrogens is 408 g/mol. The molecule has 2 atom stereocenters. The van der Waals surface area contributed by atoms with Crippen LogP contribution in [-0.2, 0) is 17.8 Å². The largest absolute Gasteiger partial charge is 0.496 e. The first-order valence-corrected chi connectivity index (χ1v) is 11.2. The fourth-order valence-electron chi connectivity index (χ4n) is 4.00. The standard InChI is InChI=1S/C24H26N4O2S/c1-5-14-27-22(19-11-7-9-13-21(19)30-4)25-26-24(27)31-17(3)23(29)28-16(2)15-18-10-6-8-12-20(18)28/h5-13,16-17H,1,14-15H2,2-4H3/t16-,17-/m1/s1. The number of hydrogen-bond acceptors (Lipinski definition) is 5. The van der Waals surface area contributed by atoms with E-state index in [-0.39, 0.29) is 17.2 Å². The molecule has 1 amide bonds. The van der Waals surface area contributed by atoms with Gasteiger partial charge in [-0.1, -0.05) is 48.2 Å². The van der Waals surface area contributed by atoms with Crippen LogP contribution in [0, 0.1) is 0 Å². The highest BCUT2D eigenvalue weighted by Crippen LogP contribution is 2.36. The van der Waals surface area contributed by atoms with Crippen LogP contribution in [0.2, 0.25) is 0 Å². The number of rotatable bonds is 7. The van der Waals surface area contributed by atoms with Gasteiger partial charge >= 0.3 is 0 Å². The van der Waals surface area contributed by atoms with Crippen molar-refractivity contribution in [3.63, 3.8) is 0 Å². The third-order valence-corrected chi connectivity index (χ3v) is 6.52. The van der Waals surface area contributed by atoms with Crippen LogP contribution in [0.5, 0.6) is 5.75 Å². The average Bonchev–Trinajstić information content (AvgIpc) is 3.33. The predicted octanol–water partition coefficient (Wildman–Crippen LogP) is 4.60. The van der Waals surface area contributed by atoms with Gasteiger partial charge in [0.1, 0.15) is 5.75 Å². The number of amides is 1. The van der Waals surface area contributed by atoms with Gasteiger partial charge in [-0.3, -0.25) is 9.36 Å². The molecule has 2 aromatic carbocycles. The normalized spacial score (nSPS) is 16.1. The van der Waals surface area contributed by atoms with Crippen LogP contribution >= 0.6 is 11.8 Å². The number of para-hydroxylation sites is 2. The molecule has 7 heteroatoms. The van der Waals surface area contributed by atoms with Crippen molar-refractivity contribution in [1.29, 1.82) is 0 Å². The first-order valence-electron chi connectivity index (χ1n) is 10.3. The van der Waals surface area contributed by atoms with E-state index in [1.54, 1.807) is 13.2 Å². The molecule has 1 aliphatic rings. The van der Waals surface area contributed by atoms with Gasteiger partial charge in [-0.15, -0.1) is 16.8 Å². The molecule has 3 aromatic rings. The van der Waals surface area contributed by atoms with E-state index in [9.17, 15) is 4.79 Å². The van der Waals surface area contributed by atoms with Crippen LogP contribution in [0.4, 0.5) is 5.69 Å². The van der Waals surface area contributed by atoms with Crippen LogP contribution in [0.25, 0.3) is 11.4 Å². The molecule has 0 aliphatic carbocycles. The fourth-order valence-corrected chi connectivity index (χ4v) is 4.91. The second-order valence-corrected chi connectivity index (χ2v) is 8.86. The zero-order valence-electron chi connectivity index (χ0n) is 18.0. The van der Waals surface area contributed by atoms with Crippen LogP contribution in [0.1, 0.15) is 19.4 Å². The number of aromatic nitrogens is 3. The molecule has 160 valence electrons. The van der Waals surface area contributed by atoms with E-state index in [1.165, 1.54) is 17.3 Å². The molecule has 0 fully saturated rings. The highest BCUT2D eigenvalue weighted by Gasteiger charge is 2.34. The zero-order chi connectivity index (χ0) is 22.0. The topological polar surface area (TPSA) is 60.2 Å². The van der Waals surface area contributed by atoms with Crippen molar-refractivity contribution in [2.45, 2.75) is 43.3 Å². The Labute approximate surface area is 186 Å². The minimum atomic E-state index is -0.313. The Morgan fingerprint density at radius 3 is 2.77 bits per heavy atom. The van der Waals surface area contributed by atoms with Gasteiger partial charge in [-0.2, -0.15) is 0 Å². The monoisotopic (exact) mass is 434 g/mol. The Morgan fingerprint density at radius 2 is 2.00 bits per heavy atom. The molecule has 1 aliphatic heterocycles. The number of allylic oxidation sites excluding steroid dienone is 1. The Morgan fingerprint density at radius 1 is 1.26 bits per heavy atom. The van der Waals surface area contributed by atoms with Gasteiger partial charge in [-0.05, 0) is 44.0 Å². The highest BCUT2D eigenvalue weighted by atomic mass is 32.2. The molecule has 6 nitrogen and oxygen atoms in total. The number of thioether (sulfide) groups is 1. The lowest BCUT2D eigenvalue weighted by Gasteiger charge is -2.25. The van der Waals surface area contributed by atoms with E-state index in [0.29, 0.717) is 17.5 Å². The first kappa shape index (κ1) is 21.2. The van der Waals surface area contributed by atoms with Crippen molar-refractivity contribution in [2.75, 3.05) is 12.0 Å². The third kappa shape index (κ3) is 3.97. The summed E-state index contributed by atoms with van der Waals surface area (Å²) in [5.41, 5.74) is 3.08. The summed E-state index contributed by atoms with van der Waals surface area (Å²) in [6, 6.07) is 16.0. The Kier molecular flexibility index (Phi) is 6.13. The van der Waals surface area contributed by atoms with E-state index >= 15 is 0 Å². The molecule has 0 radical (unpaired) electrons. The lowest BCUT2D eigenvalue weighted by molar-refractivity contribution is -0.118. The molecule has 0 saturated carbocycles. The van der Waals surface area contributed by atoms with E-state index < -0.39 is 0 Å². The van der Waals surface area contributed by atoms with Crippen molar-refractivity contribution in [1.82, 2.24) is 14.8 Å². The summed E-state index contributed by atoms with van der Waals surface area (Å²) in [5.74, 6) is 1.50. The third-order valence-electron chi connectivity index (χ3n) is 5.45. The van der Waals surface area contributed by atoms with E-state index in [0.717, 1.165) is 23.4 Å². The molecule has 31 heavy (non-hydrogen) atoms. The Balaban J connectivity index is 1.61. The summed E-state index contributed by atoms with van der Waals surface area (Å²) < 4.78 is 7.47. The fraction of sp³-hybridized carbons (Fsp3) is 0.292. The van der Waals surface area contributed by atoms with E-state index in [2.05, 4.69) is 29.8 Å². The summed E-state index contributed by atoms with van der Waals surface area (Å²) in [4.78, 5) is 15.3. The molecular formula is C24H26N4O2S. The van der Waals surface area contributed by atoms with Crippen molar-refractivity contribution in [3.05, 3.63) is 66.7 Å². The van der Waals surface area contributed by atoms with Crippen molar-refractivity contribution in [3.8, 4) is 17.1 Å². The number of methoxy groups -OCH3 is 1. The van der Waals surface area contributed by atoms with Crippen molar-refractivity contribution in [2.24, 2.45) is 0 Å². The highest BCUT2D eigenvalue weighted by molar-refractivity contribution is 8.00. The molecule has 0 spiro atoms. The number of anilines is 1. The zero-order valence-corrected chi connectivity index (χ0v) is 18.8. The number of carbonyl (C=O) groups excluding carboxylic acids is 1. The molecule has 2 heterocycles. The minimum Gasteiger partial charge on any atom is -0.496 e. The predicted molar refractivity (Wildman–Crippen MR) is 125 cm³/mol. The van der Waals surface area contributed by atoms with Crippen LogP contribution in [0.3, 0.4) is 0 Å². The second kappa shape index (κ2) is 8.98. The number of fused-ring (bicyclic) bond motifs is 1. The van der Waals surface area contributed by atoms with Gasteiger partial charge in [0.25, 0.3) is 0 Å². The van der Waals surface area contributed by atoms with Gasteiger partial charge < -0.3 is 9.64 Å². The maximum atomic E-state index is 13.4.